The van der Waals surface area contributed by atoms with Gasteiger partial charge in [0.1, 0.15) is 12.0 Å². The number of rotatable bonds is 5. The van der Waals surface area contributed by atoms with Crippen molar-refractivity contribution >= 4 is 21.9 Å². The van der Waals surface area contributed by atoms with Crippen molar-refractivity contribution in [2.75, 3.05) is 13.2 Å². The van der Waals surface area contributed by atoms with Gasteiger partial charge in [0, 0.05) is 16.7 Å². The average molecular weight is 342 g/mol. The summed E-state index contributed by atoms with van der Waals surface area (Å²) >= 11 is 3.34. The Labute approximate surface area is 128 Å². The minimum absolute atomic E-state index is 0.128. The fourth-order valence-corrected chi connectivity index (χ4v) is 2.81. The van der Waals surface area contributed by atoms with E-state index in [2.05, 4.69) is 20.9 Å². The molecule has 1 heterocycles. The van der Waals surface area contributed by atoms with Crippen LogP contribution in [0.25, 0.3) is 0 Å². The first-order valence-corrected chi connectivity index (χ1v) is 7.87. The maximum Gasteiger partial charge on any atom is 0.315 e. The summed E-state index contributed by atoms with van der Waals surface area (Å²) in [6.07, 6.45) is 6.64. The van der Waals surface area contributed by atoms with E-state index in [0.717, 1.165) is 30.2 Å². The number of halogens is 1. The molecule has 110 valence electrons. The quantitative estimate of drug-likeness (QED) is 0.765. The molecule has 5 heteroatoms. The number of pyridine rings is 1. The number of aromatic nitrogens is 1. The molecule has 4 nitrogen and oxygen atoms in total. The molecular formula is C15H20BrNO3. The van der Waals surface area contributed by atoms with Gasteiger partial charge in [-0.2, -0.15) is 0 Å². The molecule has 0 saturated heterocycles. The summed E-state index contributed by atoms with van der Waals surface area (Å²) in [6.45, 7) is 2.60. The zero-order valence-corrected chi connectivity index (χ0v) is 13.3. The number of nitrogens with zero attached hydrogens (tertiary/aromatic N) is 1. The average Bonchev–Trinajstić information content (AvgIpc) is 2.48. The van der Waals surface area contributed by atoms with E-state index in [4.69, 9.17) is 9.47 Å². The van der Waals surface area contributed by atoms with Crippen LogP contribution in [0.2, 0.25) is 0 Å². The number of carbonyl (C=O) groups excluding carboxylic acids is 1. The standard InChI is InChI=1S/C15H20BrNO3/c1-2-19-14(18)15(8-4-3-5-9-15)11-20-13-7-6-12(16)10-17-13/h6-7,10H,2-5,8-9,11H2,1H3. The summed E-state index contributed by atoms with van der Waals surface area (Å²) in [6, 6.07) is 3.67. The van der Waals surface area contributed by atoms with Crippen molar-refractivity contribution in [3.8, 4) is 5.88 Å². The Morgan fingerprint density at radius 1 is 1.35 bits per heavy atom. The van der Waals surface area contributed by atoms with E-state index >= 15 is 0 Å². The lowest BCUT2D eigenvalue weighted by molar-refractivity contribution is -0.160. The van der Waals surface area contributed by atoms with Gasteiger partial charge in [-0.05, 0) is 41.8 Å². The summed E-state index contributed by atoms with van der Waals surface area (Å²) in [5.41, 5.74) is -0.497. The van der Waals surface area contributed by atoms with Crippen molar-refractivity contribution in [3.63, 3.8) is 0 Å². The van der Waals surface area contributed by atoms with Crippen LogP contribution < -0.4 is 4.74 Å². The molecule has 0 aliphatic heterocycles. The van der Waals surface area contributed by atoms with E-state index in [1.54, 1.807) is 12.3 Å². The second-order valence-corrected chi connectivity index (χ2v) is 6.08. The van der Waals surface area contributed by atoms with Crippen molar-refractivity contribution in [2.45, 2.75) is 39.0 Å². The Balaban J connectivity index is 2.03. The van der Waals surface area contributed by atoms with E-state index in [1.165, 1.54) is 6.42 Å². The van der Waals surface area contributed by atoms with Gasteiger partial charge >= 0.3 is 5.97 Å². The minimum Gasteiger partial charge on any atom is -0.476 e. The summed E-state index contributed by atoms with van der Waals surface area (Å²) in [5, 5.41) is 0. The maximum atomic E-state index is 12.3. The molecule has 1 aliphatic rings. The maximum absolute atomic E-state index is 12.3. The molecular weight excluding hydrogens is 322 g/mol. The molecule has 20 heavy (non-hydrogen) atoms. The number of esters is 1. The molecule has 2 rings (SSSR count). The second kappa shape index (κ2) is 7.07. The third-order valence-corrected chi connectivity index (χ3v) is 4.18. The van der Waals surface area contributed by atoms with Crippen LogP contribution in [0.3, 0.4) is 0 Å². The highest BCUT2D eigenvalue weighted by molar-refractivity contribution is 9.10. The first kappa shape index (κ1) is 15.3. The van der Waals surface area contributed by atoms with Crippen LogP contribution in [-0.2, 0) is 9.53 Å². The predicted molar refractivity (Wildman–Crippen MR) is 79.6 cm³/mol. The van der Waals surface area contributed by atoms with E-state index < -0.39 is 5.41 Å². The molecule has 0 bridgehead atoms. The molecule has 1 aliphatic carbocycles. The topological polar surface area (TPSA) is 48.4 Å². The Hall–Kier alpha value is -1.10. The lowest BCUT2D eigenvalue weighted by atomic mass is 9.74. The van der Waals surface area contributed by atoms with Gasteiger partial charge in [0.15, 0.2) is 0 Å². The summed E-state index contributed by atoms with van der Waals surface area (Å²) in [5.74, 6) is 0.416. The van der Waals surface area contributed by atoms with Crippen LogP contribution in [0.4, 0.5) is 0 Å². The third-order valence-electron chi connectivity index (χ3n) is 3.72. The highest BCUT2D eigenvalue weighted by atomic mass is 79.9. The molecule has 0 spiro atoms. The number of hydrogen-bond acceptors (Lipinski definition) is 4. The normalized spacial score (nSPS) is 17.5. The Kier molecular flexibility index (Phi) is 5.40. The molecule has 0 unspecified atom stereocenters. The fourth-order valence-electron chi connectivity index (χ4n) is 2.58. The van der Waals surface area contributed by atoms with Crippen LogP contribution >= 0.6 is 15.9 Å². The van der Waals surface area contributed by atoms with Crippen molar-refractivity contribution in [1.29, 1.82) is 0 Å². The van der Waals surface area contributed by atoms with Crippen LogP contribution in [0.5, 0.6) is 5.88 Å². The van der Waals surface area contributed by atoms with Gasteiger partial charge in [0.25, 0.3) is 0 Å². The molecule has 0 radical (unpaired) electrons. The molecule has 1 aromatic rings. The zero-order chi connectivity index (χ0) is 14.4. The van der Waals surface area contributed by atoms with E-state index in [9.17, 15) is 4.79 Å². The molecule has 0 atom stereocenters. The smallest absolute Gasteiger partial charge is 0.315 e. The van der Waals surface area contributed by atoms with E-state index in [0.29, 0.717) is 19.1 Å². The monoisotopic (exact) mass is 341 g/mol. The molecule has 0 amide bonds. The summed E-state index contributed by atoms with van der Waals surface area (Å²) < 4.78 is 11.9. The first-order valence-electron chi connectivity index (χ1n) is 7.08. The van der Waals surface area contributed by atoms with Gasteiger partial charge in [-0.3, -0.25) is 4.79 Å². The Morgan fingerprint density at radius 2 is 2.10 bits per heavy atom. The van der Waals surface area contributed by atoms with Crippen LogP contribution in [0.15, 0.2) is 22.8 Å². The predicted octanol–water partition coefficient (Wildman–Crippen LogP) is 3.74. The van der Waals surface area contributed by atoms with Gasteiger partial charge in [-0.1, -0.05) is 19.3 Å². The lowest BCUT2D eigenvalue weighted by Crippen LogP contribution is -2.40. The highest BCUT2D eigenvalue weighted by Gasteiger charge is 2.41. The van der Waals surface area contributed by atoms with Crippen LogP contribution in [0.1, 0.15) is 39.0 Å². The molecule has 0 aromatic carbocycles. The minimum atomic E-state index is -0.497. The highest BCUT2D eigenvalue weighted by Crippen LogP contribution is 2.38. The Morgan fingerprint density at radius 3 is 2.70 bits per heavy atom. The molecule has 0 N–H and O–H groups in total. The second-order valence-electron chi connectivity index (χ2n) is 5.16. The number of carbonyl (C=O) groups is 1. The van der Waals surface area contributed by atoms with Crippen molar-refractivity contribution in [1.82, 2.24) is 4.98 Å². The van der Waals surface area contributed by atoms with E-state index in [1.807, 2.05) is 13.0 Å². The van der Waals surface area contributed by atoms with E-state index in [-0.39, 0.29) is 5.97 Å². The largest absolute Gasteiger partial charge is 0.476 e. The van der Waals surface area contributed by atoms with Gasteiger partial charge < -0.3 is 9.47 Å². The summed E-state index contributed by atoms with van der Waals surface area (Å²) in [7, 11) is 0. The molecule has 1 saturated carbocycles. The SMILES string of the molecule is CCOC(=O)C1(COc2ccc(Br)cn2)CCCCC1. The van der Waals surface area contributed by atoms with Gasteiger partial charge in [0.2, 0.25) is 5.88 Å². The third kappa shape index (κ3) is 3.72. The van der Waals surface area contributed by atoms with Crippen LogP contribution in [-0.4, -0.2) is 24.2 Å². The van der Waals surface area contributed by atoms with Gasteiger partial charge in [-0.25, -0.2) is 4.98 Å². The summed E-state index contributed by atoms with van der Waals surface area (Å²) in [4.78, 5) is 16.4. The zero-order valence-electron chi connectivity index (χ0n) is 11.7. The Bertz CT molecular complexity index is 441. The van der Waals surface area contributed by atoms with Crippen molar-refractivity contribution in [2.24, 2.45) is 5.41 Å². The number of ether oxygens (including phenoxy) is 2. The lowest BCUT2D eigenvalue weighted by Gasteiger charge is -2.34. The number of hydrogen-bond donors (Lipinski definition) is 0. The molecule has 1 aromatic heterocycles. The van der Waals surface area contributed by atoms with Crippen molar-refractivity contribution < 1.29 is 14.3 Å². The first-order chi connectivity index (χ1) is 9.66. The van der Waals surface area contributed by atoms with Crippen molar-refractivity contribution in [3.05, 3.63) is 22.8 Å². The van der Waals surface area contributed by atoms with Gasteiger partial charge in [-0.15, -0.1) is 0 Å². The fraction of sp³-hybridized carbons (Fsp3) is 0.600. The van der Waals surface area contributed by atoms with Crippen LogP contribution in [0, 0.1) is 5.41 Å². The van der Waals surface area contributed by atoms with Gasteiger partial charge in [0.05, 0.1) is 6.61 Å². The molecule has 1 fully saturated rings.